The van der Waals surface area contributed by atoms with E-state index in [1.165, 1.54) is 5.56 Å². The number of amides is 1. The van der Waals surface area contributed by atoms with Gasteiger partial charge in [0.2, 0.25) is 5.91 Å². The van der Waals surface area contributed by atoms with Gasteiger partial charge in [-0.3, -0.25) is 9.69 Å². The van der Waals surface area contributed by atoms with Gasteiger partial charge in [-0.05, 0) is 44.2 Å². The summed E-state index contributed by atoms with van der Waals surface area (Å²) in [5.41, 5.74) is 7.26. The van der Waals surface area contributed by atoms with Crippen LogP contribution < -0.4 is 11.1 Å². The van der Waals surface area contributed by atoms with Gasteiger partial charge in [-0.1, -0.05) is 30.3 Å². The Morgan fingerprint density at radius 2 is 2.05 bits per heavy atom. The Labute approximate surface area is 133 Å². The zero-order chi connectivity index (χ0) is 15.4. The first-order valence-electron chi connectivity index (χ1n) is 8.53. The molecule has 3 N–H and O–H groups in total. The number of nitrogens with two attached hydrogens (primary N) is 1. The van der Waals surface area contributed by atoms with E-state index in [0.29, 0.717) is 6.04 Å². The summed E-state index contributed by atoms with van der Waals surface area (Å²) in [4.78, 5) is 14.8. The summed E-state index contributed by atoms with van der Waals surface area (Å²) in [6, 6.07) is 11.1. The Morgan fingerprint density at radius 3 is 2.77 bits per heavy atom. The van der Waals surface area contributed by atoms with Gasteiger partial charge < -0.3 is 11.1 Å². The topological polar surface area (TPSA) is 58.4 Å². The van der Waals surface area contributed by atoms with Crippen LogP contribution in [0.4, 0.5) is 0 Å². The first-order chi connectivity index (χ1) is 10.7. The first-order valence-corrected chi connectivity index (χ1v) is 8.53. The van der Waals surface area contributed by atoms with Crippen LogP contribution in [0.5, 0.6) is 0 Å². The molecule has 4 heteroatoms. The van der Waals surface area contributed by atoms with Crippen LogP contribution in [0.2, 0.25) is 0 Å². The maximum Gasteiger partial charge on any atom is 0.223 e. The van der Waals surface area contributed by atoms with E-state index in [2.05, 4.69) is 40.5 Å². The second-order valence-corrected chi connectivity index (χ2v) is 6.84. The Bertz CT molecular complexity index is 490. The summed E-state index contributed by atoms with van der Waals surface area (Å²) in [6.07, 6.45) is 5.04. The van der Waals surface area contributed by atoms with Gasteiger partial charge in [0.05, 0.1) is 0 Å². The van der Waals surface area contributed by atoms with Crippen molar-refractivity contribution in [3.8, 4) is 0 Å². The molecule has 1 aromatic carbocycles. The number of nitrogens with zero attached hydrogens (tertiary/aromatic N) is 1. The van der Waals surface area contributed by atoms with Gasteiger partial charge in [0.25, 0.3) is 0 Å². The van der Waals surface area contributed by atoms with Crippen LogP contribution in [-0.2, 0) is 11.3 Å². The average Bonchev–Trinajstić information content (AvgIpc) is 2.95. The third-order valence-corrected chi connectivity index (χ3v) is 4.94. The number of rotatable bonds is 4. The maximum atomic E-state index is 12.3. The molecule has 3 unspecified atom stereocenters. The lowest BCUT2D eigenvalue weighted by Crippen LogP contribution is -2.48. The molecule has 3 atom stereocenters. The van der Waals surface area contributed by atoms with Gasteiger partial charge >= 0.3 is 0 Å². The molecule has 4 nitrogen and oxygen atoms in total. The predicted molar refractivity (Wildman–Crippen MR) is 88.2 cm³/mol. The van der Waals surface area contributed by atoms with Gasteiger partial charge in [-0.15, -0.1) is 0 Å². The van der Waals surface area contributed by atoms with Gasteiger partial charge in [0, 0.05) is 31.1 Å². The largest absolute Gasteiger partial charge is 0.352 e. The van der Waals surface area contributed by atoms with Crippen LogP contribution in [-0.4, -0.2) is 36.0 Å². The summed E-state index contributed by atoms with van der Waals surface area (Å²) in [6.45, 7) is 3.05. The number of hydrogen-bond acceptors (Lipinski definition) is 3. The molecule has 1 saturated carbocycles. The minimum absolute atomic E-state index is 0.138. The molecule has 0 bridgehead atoms. The second kappa shape index (κ2) is 7.25. The fourth-order valence-corrected chi connectivity index (χ4v) is 3.73. The van der Waals surface area contributed by atoms with Crippen molar-refractivity contribution in [2.45, 2.75) is 50.7 Å². The van der Waals surface area contributed by atoms with E-state index < -0.39 is 0 Å². The zero-order valence-corrected chi connectivity index (χ0v) is 13.2. The summed E-state index contributed by atoms with van der Waals surface area (Å²) in [7, 11) is 0. The Morgan fingerprint density at radius 1 is 1.23 bits per heavy atom. The molecule has 1 amide bonds. The van der Waals surface area contributed by atoms with E-state index in [9.17, 15) is 4.79 Å². The lowest BCUT2D eigenvalue weighted by atomic mass is 10.0. The fraction of sp³-hybridized carbons (Fsp3) is 0.611. The SMILES string of the molecule is NC1CCC(C(=O)NC2CCCN(Cc3ccccc3)C2)C1. The van der Waals surface area contributed by atoms with Crippen molar-refractivity contribution in [2.75, 3.05) is 13.1 Å². The average molecular weight is 301 g/mol. The highest BCUT2D eigenvalue weighted by atomic mass is 16.2. The Hall–Kier alpha value is -1.39. The molecule has 1 aromatic rings. The molecular formula is C18H27N3O. The third-order valence-electron chi connectivity index (χ3n) is 4.94. The van der Waals surface area contributed by atoms with E-state index in [4.69, 9.17) is 5.73 Å². The van der Waals surface area contributed by atoms with Gasteiger partial charge in [-0.25, -0.2) is 0 Å². The minimum Gasteiger partial charge on any atom is -0.352 e. The fourth-order valence-electron chi connectivity index (χ4n) is 3.73. The smallest absolute Gasteiger partial charge is 0.223 e. The Kier molecular flexibility index (Phi) is 5.11. The van der Waals surface area contributed by atoms with Crippen LogP contribution >= 0.6 is 0 Å². The lowest BCUT2D eigenvalue weighted by molar-refractivity contribution is -0.125. The Balaban J connectivity index is 1.49. The molecule has 1 aliphatic carbocycles. The molecule has 1 saturated heterocycles. The van der Waals surface area contributed by atoms with Crippen LogP contribution in [0, 0.1) is 5.92 Å². The summed E-state index contributed by atoms with van der Waals surface area (Å²) >= 11 is 0. The number of carbonyl (C=O) groups is 1. The molecule has 0 radical (unpaired) electrons. The molecule has 0 spiro atoms. The van der Waals surface area contributed by atoms with Crippen LogP contribution in [0.3, 0.4) is 0 Å². The maximum absolute atomic E-state index is 12.3. The first kappa shape index (κ1) is 15.5. The number of carbonyl (C=O) groups excluding carboxylic acids is 1. The molecule has 22 heavy (non-hydrogen) atoms. The quantitative estimate of drug-likeness (QED) is 0.893. The van der Waals surface area contributed by atoms with E-state index in [1.807, 2.05) is 0 Å². The molecular weight excluding hydrogens is 274 g/mol. The van der Waals surface area contributed by atoms with Crippen LogP contribution in [0.25, 0.3) is 0 Å². The van der Waals surface area contributed by atoms with Crippen molar-refractivity contribution < 1.29 is 4.79 Å². The van der Waals surface area contributed by atoms with Crippen molar-refractivity contribution in [3.05, 3.63) is 35.9 Å². The van der Waals surface area contributed by atoms with Crippen LogP contribution in [0.15, 0.2) is 30.3 Å². The highest BCUT2D eigenvalue weighted by molar-refractivity contribution is 5.79. The van der Waals surface area contributed by atoms with E-state index in [-0.39, 0.29) is 17.9 Å². The van der Waals surface area contributed by atoms with E-state index in [1.54, 1.807) is 0 Å². The van der Waals surface area contributed by atoms with Gasteiger partial charge in [0.1, 0.15) is 0 Å². The van der Waals surface area contributed by atoms with Crippen LogP contribution in [0.1, 0.15) is 37.7 Å². The summed E-state index contributed by atoms with van der Waals surface area (Å²) < 4.78 is 0. The lowest BCUT2D eigenvalue weighted by Gasteiger charge is -2.33. The second-order valence-electron chi connectivity index (χ2n) is 6.84. The molecule has 2 aliphatic rings. The molecule has 1 aliphatic heterocycles. The third kappa shape index (κ3) is 4.08. The summed E-state index contributed by atoms with van der Waals surface area (Å²) in [5.74, 6) is 0.360. The molecule has 1 heterocycles. The normalized spacial score (nSPS) is 29.4. The molecule has 3 rings (SSSR count). The number of hydrogen-bond donors (Lipinski definition) is 2. The molecule has 2 fully saturated rings. The van der Waals surface area contributed by atoms with Gasteiger partial charge in [-0.2, -0.15) is 0 Å². The number of benzene rings is 1. The number of nitrogens with one attached hydrogen (secondary N) is 1. The highest BCUT2D eigenvalue weighted by Crippen LogP contribution is 2.24. The van der Waals surface area contributed by atoms with Crippen molar-refractivity contribution in [2.24, 2.45) is 11.7 Å². The number of piperidine rings is 1. The predicted octanol–water partition coefficient (Wildman–Crippen LogP) is 1.89. The van der Waals surface area contributed by atoms with Gasteiger partial charge in [0.15, 0.2) is 0 Å². The number of likely N-dealkylation sites (tertiary alicyclic amines) is 1. The summed E-state index contributed by atoms with van der Waals surface area (Å²) in [5, 5.41) is 3.26. The van der Waals surface area contributed by atoms with Crippen molar-refractivity contribution in [1.82, 2.24) is 10.2 Å². The standard InChI is InChI=1S/C18H27N3O/c19-16-9-8-15(11-16)18(22)20-17-7-4-10-21(13-17)12-14-5-2-1-3-6-14/h1-3,5-6,15-17H,4,7-13,19H2,(H,20,22). The zero-order valence-electron chi connectivity index (χ0n) is 13.2. The highest BCUT2D eigenvalue weighted by Gasteiger charge is 2.30. The molecule has 120 valence electrons. The van der Waals surface area contributed by atoms with Crippen molar-refractivity contribution >= 4 is 5.91 Å². The van der Waals surface area contributed by atoms with E-state index >= 15 is 0 Å². The minimum atomic E-state index is 0.138. The van der Waals surface area contributed by atoms with Crippen molar-refractivity contribution in [3.63, 3.8) is 0 Å². The molecule has 0 aromatic heterocycles. The monoisotopic (exact) mass is 301 g/mol. The van der Waals surface area contributed by atoms with Crippen molar-refractivity contribution in [1.29, 1.82) is 0 Å². The van der Waals surface area contributed by atoms with E-state index in [0.717, 1.165) is 51.7 Å².